The van der Waals surface area contributed by atoms with Crippen LogP contribution in [0.5, 0.6) is 0 Å². The minimum atomic E-state index is 0.158. The van der Waals surface area contributed by atoms with Crippen LogP contribution in [0.25, 0.3) is 0 Å². The van der Waals surface area contributed by atoms with E-state index in [9.17, 15) is 4.79 Å². The molecule has 1 N–H and O–H groups in total. The van der Waals surface area contributed by atoms with Crippen molar-refractivity contribution >= 4 is 11.9 Å². The van der Waals surface area contributed by atoms with Gasteiger partial charge in [-0.2, -0.15) is 0 Å². The number of nitrogens with zero attached hydrogens (tertiary/aromatic N) is 5. The second-order valence-electron chi connectivity index (χ2n) is 8.12. The average molecular weight is 379 g/mol. The first-order chi connectivity index (χ1) is 13.2. The Morgan fingerprint density at radius 1 is 1.00 bits per heavy atom. The molecule has 8 nitrogen and oxygen atoms in total. The Hall–Kier alpha value is -1.38. The van der Waals surface area contributed by atoms with Gasteiger partial charge >= 0.3 is 0 Å². The molecule has 1 unspecified atom stereocenters. The molecule has 5 aliphatic rings. The van der Waals surface area contributed by atoms with Crippen molar-refractivity contribution in [3.63, 3.8) is 0 Å². The molecule has 0 aromatic carbocycles. The molecule has 5 fully saturated rings. The summed E-state index contributed by atoms with van der Waals surface area (Å²) >= 11 is 0. The number of likely N-dealkylation sites (tertiary alicyclic amines) is 1. The fraction of sp³-hybridized carbons (Fsp3) is 0.895. The van der Waals surface area contributed by atoms with E-state index < -0.39 is 0 Å². The average Bonchev–Trinajstić information content (AvgIpc) is 2.75. The Morgan fingerprint density at radius 3 is 2.30 bits per heavy atom. The first kappa shape index (κ1) is 19.0. The van der Waals surface area contributed by atoms with Gasteiger partial charge in [-0.1, -0.05) is 0 Å². The summed E-state index contributed by atoms with van der Waals surface area (Å²) in [4.78, 5) is 26.7. The predicted octanol–water partition coefficient (Wildman–Crippen LogP) is -0.868. The van der Waals surface area contributed by atoms with Gasteiger partial charge in [0.15, 0.2) is 5.96 Å². The van der Waals surface area contributed by atoms with E-state index in [0.717, 1.165) is 51.5 Å². The number of piperazine rings is 3. The van der Waals surface area contributed by atoms with Crippen molar-refractivity contribution in [1.29, 1.82) is 0 Å². The van der Waals surface area contributed by atoms with Crippen molar-refractivity contribution in [2.24, 2.45) is 10.9 Å². The zero-order valence-electron chi connectivity index (χ0n) is 16.6. The van der Waals surface area contributed by atoms with Crippen molar-refractivity contribution in [2.75, 3.05) is 85.7 Å². The molecule has 0 aromatic rings. The third kappa shape index (κ3) is 4.38. The molecule has 8 heteroatoms. The van der Waals surface area contributed by atoms with Gasteiger partial charge in [-0.25, -0.2) is 0 Å². The molecular formula is C19H34N6O2. The molecule has 5 rings (SSSR count). The summed E-state index contributed by atoms with van der Waals surface area (Å²) < 4.78 is 5.36. The normalized spacial score (nSPS) is 32.6. The number of carbonyl (C=O) groups excluding carboxylic acids is 1. The number of piperidine rings is 1. The maximum absolute atomic E-state index is 12.7. The first-order valence-corrected chi connectivity index (χ1v) is 10.5. The van der Waals surface area contributed by atoms with Crippen LogP contribution in [-0.2, 0) is 9.53 Å². The molecule has 0 aliphatic carbocycles. The van der Waals surface area contributed by atoms with Gasteiger partial charge < -0.3 is 19.9 Å². The van der Waals surface area contributed by atoms with Crippen molar-refractivity contribution < 1.29 is 9.53 Å². The highest BCUT2D eigenvalue weighted by molar-refractivity contribution is 5.81. The second-order valence-corrected chi connectivity index (χ2v) is 8.12. The van der Waals surface area contributed by atoms with E-state index in [4.69, 9.17) is 4.74 Å². The Labute approximate surface area is 162 Å². The van der Waals surface area contributed by atoms with Crippen LogP contribution in [0.2, 0.25) is 0 Å². The molecule has 0 saturated carbocycles. The van der Waals surface area contributed by atoms with E-state index in [1.165, 1.54) is 32.7 Å². The van der Waals surface area contributed by atoms with Crippen LogP contribution in [0.15, 0.2) is 4.99 Å². The quantitative estimate of drug-likeness (QED) is 0.509. The largest absolute Gasteiger partial charge is 0.378 e. The minimum absolute atomic E-state index is 0.158. The smallest absolute Gasteiger partial charge is 0.225 e. The number of hydrogen-bond donors (Lipinski definition) is 1. The summed E-state index contributed by atoms with van der Waals surface area (Å²) in [5, 5.41) is 3.60. The molecule has 27 heavy (non-hydrogen) atoms. The minimum Gasteiger partial charge on any atom is -0.378 e. The Bertz CT molecular complexity index is 534. The van der Waals surface area contributed by atoms with Gasteiger partial charge in [0.2, 0.25) is 5.91 Å². The molecule has 5 heterocycles. The van der Waals surface area contributed by atoms with Crippen molar-refractivity contribution in [3.05, 3.63) is 0 Å². The lowest BCUT2D eigenvalue weighted by molar-refractivity contribution is -0.140. The maximum Gasteiger partial charge on any atom is 0.225 e. The number of fused-ring (bicyclic) bond motifs is 3. The Kier molecular flexibility index (Phi) is 6.14. The predicted molar refractivity (Wildman–Crippen MR) is 105 cm³/mol. The highest BCUT2D eigenvalue weighted by atomic mass is 16.5. The van der Waals surface area contributed by atoms with E-state index in [0.29, 0.717) is 25.2 Å². The molecule has 1 atom stereocenters. The number of guanidine groups is 1. The standard InChI is InChI=1S/C19H34N6O2/c1-20-19(21-14-17-15-22-6-8-23(17)9-7-22)25-4-2-16(3-5-25)18(26)24-10-12-27-13-11-24/h16-17H,2-15H2,1H3,(H,20,21). The molecule has 5 aliphatic heterocycles. The summed E-state index contributed by atoms with van der Waals surface area (Å²) in [5.74, 6) is 1.47. The first-order valence-electron chi connectivity index (χ1n) is 10.5. The van der Waals surface area contributed by atoms with Gasteiger partial charge in [0, 0.05) is 84.5 Å². The van der Waals surface area contributed by atoms with Gasteiger partial charge in [0.25, 0.3) is 0 Å². The van der Waals surface area contributed by atoms with Crippen LogP contribution < -0.4 is 5.32 Å². The van der Waals surface area contributed by atoms with Crippen molar-refractivity contribution in [1.82, 2.24) is 24.9 Å². The SMILES string of the molecule is CN=C(NCC1CN2CCN1CC2)N1CCC(C(=O)N2CCOCC2)CC1. The van der Waals surface area contributed by atoms with Gasteiger partial charge in [0.1, 0.15) is 0 Å². The third-order valence-electron chi connectivity index (χ3n) is 6.57. The zero-order chi connectivity index (χ0) is 18.6. The van der Waals surface area contributed by atoms with Crippen LogP contribution in [0, 0.1) is 5.92 Å². The van der Waals surface area contributed by atoms with Crippen LogP contribution in [0.4, 0.5) is 0 Å². The number of carbonyl (C=O) groups is 1. The molecule has 2 bridgehead atoms. The fourth-order valence-electron chi connectivity index (χ4n) is 4.84. The van der Waals surface area contributed by atoms with E-state index in [2.05, 4.69) is 25.0 Å². The van der Waals surface area contributed by atoms with E-state index in [-0.39, 0.29) is 5.92 Å². The number of amides is 1. The summed E-state index contributed by atoms with van der Waals surface area (Å²) in [6.45, 7) is 11.6. The summed E-state index contributed by atoms with van der Waals surface area (Å²) in [6.07, 6.45) is 1.83. The second kappa shape index (κ2) is 8.75. The van der Waals surface area contributed by atoms with Gasteiger partial charge in [-0.15, -0.1) is 0 Å². The molecule has 5 saturated heterocycles. The van der Waals surface area contributed by atoms with E-state index in [1.807, 2.05) is 11.9 Å². The maximum atomic E-state index is 12.7. The Morgan fingerprint density at radius 2 is 1.70 bits per heavy atom. The van der Waals surface area contributed by atoms with Crippen molar-refractivity contribution in [3.8, 4) is 0 Å². The number of ether oxygens (including phenoxy) is 1. The monoisotopic (exact) mass is 378 g/mol. The van der Waals surface area contributed by atoms with Gasteiger partial charge in [0.05, 0.1) is 13.2 Å². The molecular weight excluding hydrogens is 344 g/mol. The number of rotatable bonds is 3. The van der Waals surface area contributed by atoms with Gasteiger partial charge in [-0.3, -0.25) is 19.6 Å². The van der Waals surface area contributed by atoms with E-state index in [1.54, 1.807) is 0 Å². The number of morpholine rings is 1. The molecule has 0 radical (unpaired) electrons. The summed E-state index contributed by atoms with van der Waals surface area (Å²) in [6, 6.07) is 0.588. The van der Waals surface area contributed by atoms with Crippen LogP contribution in [-0.4, -0.2) is 123 Å². The zero-order valence-corrected chi connectivity index (χ0v) is 16.6. The lowest BCUT2D eigenvalue weighted by Crippen LogP contribution is -2.64. The number of aliphatic imine (C=N–C) groups is 1. The van der Waals surface area contributed by atoms with Crippen LogP contribution in [0.3, 0.4) is 0 Å². The Balaban J connectivity index is 1.23. The molecule has 1 amide bonds. The highest BCUT2D eigenvalue weighted by Gasteiger charge is 2.33. The summed E-state index contributed by atoms with van der Waals surface area (Å²) in [5.41, 5.74) is 0. The number of hydrogen-bond acceptors (Lipinski definition) is 5. The lowest BCUT2D eigenvalue weighted by atomic mass is 9.95. The van der Waals surface area contributed by atoms with Crippen molar-refractivity contribution in [2.45, 2.75) is 18.9 Å². The topological polar surface area (TPSA) is 63.7 Å². The van der Waals surface area contributed by atoms with Crippen LogP contribution in [0.1, 0.15) is 12.8 Å². The molecule has 0 aromatic heterocycles. The van der Waals surface area contributed by atoms with Crippen LogP contribution >= 0.6 is 0 Å². The molecule has 0 spiro atoms. The van der Waals surface area contributed by atoms with Gasteiger partial charge in [-0.05, 0) is 12.8 Å². The summed E-state index contributed by atoms with van der Waals surface area (Å²) in [7, 11) is 1.87. The number of nitrogens with one attached hydrogen (secondary N) is 1. The van der Waals surface area contributed by atoms with E-state index >= 15 is 0 Å². The highest BCUT2D eigenvalue weighted by Crippen LogP contribution is 2.21. The lowest BCUT2D eigenvalue weighted by Gasteiger charge is -2.47. The molecule has 152 valence electrons. The fourth-order valence-corrected chi connectivity index (χ4v) is 4.84. The third-order valence-corrected chi connectivity index (χ3v) is 6.57.